The van der Waals surface area contributed by atoms with Crippen LogP contribution in [0.5, 0.6) is 0 Å². The molecule has 0 radical (unpaired) electrons. The van der Waals surface area contributed by atoms with Gasteiger partial charge in [-0.3, -0.25) is 11.3 Å². The maximum atomic E-state index is 5.97. The first-order chi connectivity index (χ1) is 9.61. The molecular formula is C15H20N4S. The number of hydrogen-bond donors (Lipinski definition) is 3. The van der Waals surface area contributed by atoms with Gasteiger partial charge in [0.2, 0.25) is 0 Å². The number of nitrogens with two attached hydrogens (primary N) is 2. The molecule has 1 atom stereocenters. The molecule has 2 aromatic rings. The van der Waals surface area contributed by atoms with Crippen molar-refractivity contribution in [3.05, 3.63) is 53.2 Å². The number of rotatable bonds is 5. The minimum absolute atomic E-state index is 0.0185. The summed E-state index contributed by atoms with van der Waals surface area (Å²) < 4.78 is 0. The Hall–Kier alpha value is -1.56. The molecule has 1 aromatic carbocycles. The lowest BCUT2D eigenvalue weighted by Gasteiger charge is -2.19. The molecule has 0 aliphatic heterocycles. The number of nitrogen functional groups attached to an aromatic ring is 1. The van der Waals surface area contributed by atoms with Crippen molar-refractivity contribution in [3.63, 3.8) is 0 Å². The molecule has 106 valence electrons. The summed E-state index contributed by atoms with van der Waals surface area (Å²) >= 11 is 1.75. The van der Waals surface area contributed by atoms with Gasteiger partial charge in [0.15, 0.2) is 0 Å². The van der Waals surface area contributed by atoms with E-state index < -0.39 is 0 Å². The number of thioether (sulfide) groups is 1. The number of nitrogens with zero attached hydrogens (tertiary/aromatic N) is 1. The van der Waals surface area contributed by atoms with Crippen molar-refractivity contribution in [2.75, 3.05) is 11.5 Å². The van der Waals surface area contributed by atoms with E-state index in [2.05, 4.69) is 41.6 Å². The molecule has 20 heavy (non-hydrogen) atoms. The molecule has 1 aromatic heterocycles. The zero-order valence-electron chi connectivity index (χ0n) is 11.8. The van der Waals surface area contributed by atoms with Crippen LogP contribution >= 0.6 is 11.8 Å². The summed E-state index contributed by atoms with van der Waals surface area (Å²) in [6.07, 6.45) is 1.72. The van der Waals surface area contributed by atoms with Crippen molar-refractivity contribution >= 4 is 17.6 Å². The van der Waals surface area contributed by atoms with Crippen LogP contribution in [0.1, 0.15) is 22.7 Å². The van der Waals surface area contributed by atoms with Gasteiger partial charge < -0.3 is 5.73 Å². The number of benzene rings is 1. The number of hydrazine groups is 1. The second-order valence-electron chi connectivity index (χ2n) is 4.77. The fraction of sp³-hybridized carbons (Fsp3) is 0.267. The molecule has 0 saturated carbocycles. The van der Waals surface area contributed by atoms with Gasteiger partial charge in [-0.25, -0.2) is 4.98 Å². The van der Waals surface area contributed by atoms with E-state index in [1.165, 1.54) is 10.5 Å². The molecule has 0 amide bonds. The summed E-state index contributed by atoms with van der Waals surface area (Å²) in [7, 11) is 0. The van der Waals surface area contributed by atoms with E-state index in [0.717, 1.165) is 16.9 Å². The van der Waals surface area contributed by atoms with Gasteiger partial charge in [-0.05, 0) is 37.6 Å². The van der Waals surface area contributed by atoms with Crippen LogP contribution in [0.2, 0.25) is 0 Å². The third kappa shape index (κ3) is 3.50. The molecule has 2 rings (SSSR count). The Morgan fingerprint density at radius 2 is 1.90 bits per heavy atom. The zero-order chi connectivity index (χ0) is 14.5. The zero-order valence-corrected chi connectivity index (χ0v) is 12.6. The molecule has 0 saturated heterocycles. The van der Waals surface area contributed by atoms with E-state index in [-0.39, 0.29) is 6.04 Å². The van der Waals surface area contributed by atoms with Gasteiger partial charge >= 0.3 is 0 Å². The number of anilines is 1. The summed E-state index contributed by atoms with van der Waals surface area (Å²) in [4.78, 5) is 5.37. The van der Waals surface area contributed by atoms with Crippen molar-refractivity contribution in [1.82, 2.24) is 10.4 Å². The minimum atomic E-state index is -0.0185. The average molecular weight is 288 g/mol. The van der Waals surface area contributed by atoms with E-state index >= 15 is 0 Å². The van der Waals surface area contributed by atoms with Gasteiger partial charge in [0.25, 0.3) is 0 Å². The lowest BCUT2D eigenvalue weighted by molar-refractivity contribution is 0.607. The van der Waals surface area contributed by atoms with Gasteiger partial charge in [0.05, 0.1) is 6.04 Å². The summed E-state index contributed by atoms with van der Waals surface area (Å²) in [5.41, 5.74) is 12.2. The lowest BCUT2D eigenvalue weighted by atomic mass is 10.0. The molecule has 1 unspecified atom stereocenters. The fourth-order valence-electron chi connectivity index (χ4n) is 2.07. The SMILES string of the molecule is Cc1ccc(SCC(NN)c2c(C)ccnc2N)cc1. The standard InChI is InChI=1S/C15H20N4S/c1-10-3-5-12(6-4-10)20-9-13(19-17)14-11(2)7-8-18-15(14)16/h3-8,13,19H,9,17H2,1-2H3,(H2,16,18). The first-order valence-electron chi connectivity index (χ1n) is 6.48. The largest absolute Gasteiger partial charge is 0.383 e. The Kier molecular flexibility index (Phi) is 5.00. The van der Waals surface area contributed by atoms with Gasteiger partial charge in [-0.2, -0.15) is 0 Å². The number of aryl methyl sites for hydroxylation is 2. The lowest BCUT2D eigenvalue weighted by Crippen LogP contribution is -2.31. The van der Waals surface area contributed by atoms with Gasteiger partial charge in [0.1, 0.15) is 5.82 Å². The minimum Gasteiger partial charge on any atom is -0.383 e. The molecular weight excluding hydrogens is 268 g/mol. The van der Waals surface area contributed by atoms with Crippen LogP contribution in [0, 0.1) is 13.8 Å². The Bertz CT molecular complexity index is 548. The summed E-state index contributed by atoms with van der Waals surface area (Å²) in [5, 5.41) is 0. The first kappa shape index (κ1) is 14.8. The van der Waals surface area contributed by atoms with Crippen LogP contribution < -0.4 is 17.0 Å². The second-order valence-corrected chi connectivity index (χ2v) is 5.86. The molecule has 0 fully saturated rings. The fourth-order valence-corrected chi connectivity index (χ4v) is 3.02. The average Bonchev–Trinajstić information content (AvgIpc) is 2.44. The molecule has 0 spiro atoms. The summed E-state index contributed by atoms with van der Waals surface area (Å²) in [5.74, 6) is 7.03. The smallest absolute Gasteiger partial charge is 0.128 e. The van der Waals surface area contributed by atoms with Crippen LogP contribution in [0.25, 0.3) is 0 Å². The van der Waals surface area contributed by atoms with Crippen LogP contribution in [0.4, 0.5) is 5.82 Å². The summed E-state index contributed by atoms with van der Waals surface area (Å²) in [6, 6.07) is 10.4. The van der Waals surface area contributed by atoms with Gasteiger partial charge in [-0.15, -0.1) is 11.8 Å². The van der Waals surface area contributed by atoms with Crippen LogP contribution in [-0.4, -0.2) is 10.7 Å². The van der Waals surface area contributed by atoms with Crippen molar-refractivity contribution < 1.29 is 0 Å². The van der Waals surface area contributed by atoms with Crippen molar-refractivity contribution in [2.45, 2.75) is 24.8 Å². The van der Waals surface area contributed by atoms with E-state index in [0.29, 0.717) is 5.82 Å². The maximum Gasteiger partial charge on any atom is 0.128 e. The van der Waals surface area contributed by atoms with E-state index in [4.69, 9.17) is 11.6 Å². The first-order valence-corrected chi connectivity index (χ1v) is 7.47. The normalized spacial score (nSPS) is 12.3. The monoisotopic (exact) mass is 288 g/mol. The van der Waals surface area contributed by atoms with Crippen LogP contribution in [0.15, 0.2) is 41.4 Å². The quantitative estimate of drug-likeness (QED) is 0.448. The maximum absolute atomic E-state index is 5.97. The number of nitrogens with one attached hydrogen (secondary N) is 1. The number of hydrogen-bond acceptors (Lipinski definition) is 5. The predicted octanol–water partition coefficient (Wildman–Crippen LogP) is 2.58. The van der Waals surface area contributed by atoms with Crippen molar-refractivity contribution in [1.29, 1.82) is 0 Å². The molecule has 0 bridgehead atoms. The van der Waals surface area contributed by atoms with E-state index in [1.807, 2.05) is 13.0 Å². The number of pyridine rings is 1. The second kappa shape index (κ2) is 6.74. The van der Waals surface area contributed by atoms with Crippen LogP contribution in [0.3, 0.4) is 0 Å². The topological polar surface area (TPSA) is 77.0 Å². The molecule has 1 heterocycles. The Balaban J connectivity index is 2.11. The molecule has 4 nitrogen and oxygen atoms in total. The molecule has 5 N–H and O–H groups in total. The highest BCUT2D eigenvalue weighted by Gasteiger charge is 2.16. The van der Waals surface area contributed by atoms with Gasteiger partial charge in [-0.1, -0.05) is 17.7 Å². The highest BCUT2D eigenvalue weighted by molar-refractivity contribution is 7.99. The van der Waals surface area contributed by atoms with Crippen molar-refractivity contribution in [2.24, 2.45) is 5.84 Å². The third-order valence-corrected chi connectivity index (χ3v) is 4.33. The Labute approximate surface area is 123 Å². The molecule has 0 aliphatic carbocycles. The molecule has 5 heteroatoms. The third-order valence-electron chi connectivity index (χ3n) is 3.23. The van der Waals surface area contributed by atoms with Crippen molar-refractivity contribution in [3.8, 4) is 0 Å². The Morgan fingerprint density at radius 3 is 2.50 bits per heavy atom. The van der Waals surface area contributed by atoms with Crippen LogP contribution in [-0.2, 0) is 0 Å². The van der Waals surface area contributed by atoms with E-state index in [9.17, 15) is 0 Å². The highest BCUT2D eigenvalue weighted by Crippen LogP contribution is 2.28. The molecule has 0 aliphatic rings. The highest BCUT2D eigenvalue weighted by atomic mass is 32.2. The number of aromatic nitrogens is 1. The van der Waals surface area contributed by atoms with Gasteiger partial charge in [0, 0.05) is 22.4 Å². The predicted molar refractivity (Wildman–Crippen MR) is 85.4 cm³/mol. The van der Waals surface area contributed by atoms with E-state index in [1.54, 1.807) is 18.0 Å². The summed E-state index contributed by atoms with van der Waals surface area (Å²) in [6.45, 7) is 4.10. The Morgan fingerprint density at radius 1 is 1.20 bits per heavy atom.